The molecule has 2 heteroatoms. The third-order valence-electron chi connectivity index (χ3n) is 6.01. The summed E-state index contributed by atoms with van der Waals surface area (Å²) in [6.45, 7) is 16.6. The predicted octanol–water partition coefficient (Wildman–Crippen LogP) is 9.07. The standard InChI is InChI=1S/C32H36N2/c1-7-12-13-18-24(10-4)30-28-22-21-23(6)29(27-20-15-14-19-26(27)17-9-3)31(28)34-32(33-30)25(11-5)16-8-2/h8,11-16,18-22H,2,5,7,9-10,17H2,1,3-4,6H3/b13-12-,24-18+,25-16+. The average Bonchev–Trinajstić information content (AvgIpc) is 2.85. The minimum atomic E-state index is 0.677. The van der Waals surface area contributed by atoms with Gasteiger partial charge in [0.05, 0.1) is 11.2 Å². The molecule has 2 aromatic carbocycles. The van der Waals surface area contributed by atoms with Gasteiger partial charge in [-0.1, -0.05) is 113 Å². The molecule has 0 unspecified atom stereocenters. The van der Waals surface area contributed by atoms with Crippen LogP contribution in [0.15, 0.2) is 86.0 Å². The van der Waals surface area contributed by atoms with E-state index in [2.05, 4.69) is 95.5 Å². The fourth-order valence-electron chi connectivity index (χ4n) is 4.31. The molecule has 0 bridgehead atoms. The van der Waals surface area contributed by atoms with Crippen LogP contribution in [-0.4, -0.2) is 9.97 Å². The monoisotopic (exact) mass is 448 g/mol. The summed E-state index contributed by atoms with van der Waals surface area (Å²) in [5, 5.41) is 1.08. The van der Waals surface area contributed by atoms with Gasteiger partial charge in [-0.05, 0) is 48.4 Å². The molecule has 0 N–H and O–H groups in total. The largest absolute Gasteiger partial charge is 0.228 e. The number of rotatable bonds is 10. The number of aromatic nitrogens is 2. The van der Waals surface area contributed by atoms with Crippen LogP contribution in [0.5, 0.6) is 0 Å². The van der Waals surface area contributed by atoms with E-state index in [0.29, 0.717) is 5.82 Å². The summed E-state index contributed by atoms with van der Waals surface area (Å²) in [6, 6.07) is 13.1. The fraction of sp³-hybridized carbons (Fsp3) is 0.250. The number of fused-ring (bicyclic) bond motifs is 1. The summed E-state index contributed by atoms with van der Waals surface area (Å²) in [5.41, 5.74) is 9.03. The summed E-state index contributed by atoms with van der Waals surface area (Å²) in [7, 11) is 0. The second-order valence-corrected chi connectivity index (χ2v) is 8.40. The zero-order valence-electron chi connectivity index (χ0n) is 21.1. The van der Waals surface area contributed by atoms with Crippen LogP contribution in [0.2, 0.25) is 0 Å². The molecule has 174 valence electrons. The van der Waals surface area contributed by atoms with E-state index >= 15 is 0 Å². The Kier molecular flexibility index (Phi) is 8.93. The number of aryl methyl sites for hydroxylation is 2. The smallest absolute Gasteiger partial charge is 0.160 e. The van der Waals surface area contributed by atoms with Crippen LogP contribution in [0.1, 0.15) is 62.7 Å². The van der Waals surface area contributed by atoms with Gasteiger partial charge in [0.2, 0.25) is 0 Å². The number of hydrogen-bond acceptors (Lipinski definition) is 2. The minimum absolute atomic E-state index is 0.677. The predicted molar refractivity (Wildman–Crippen MR) is 150 cm³/mol. The molecule has 1 heterocycles. The zero-order valence-corrected chi connectivity index (χ0v) is 21.1. The molecule has 1 aromatic heterocycles. The van der Waals surface area contributed by atoms with Gasteiger partial charge in [-0.2, -0.15) is 0 Å². The maximum absolute atomic E-state index is 5.13. The molecule has 0 aliphatic rings. The Balaban J connectivity index is 2.47. The molecule has 0 aliphatic carbocycles. The molecule has 2 nitrogen and oxygen atoms in total. The first-order valence-electron chi connectivity index (χ1n) is 12.3. The van der Waals surface area contributed by atoms with Crippen molar-refractivity contribution >= 4 is 22.0 Å². The molecular formula is C32H36N2. The van der Waals surface area contributed by atoms with Gasteiger partial charge in [0.1, 0.15) is 0 Å². The number of nitrogens with zero attached hydrogens (tertiary/aromatic N) is 2. The van der Waals surface area contributed by atoms with E-state index in [-0.39, 0.29) is 0 Å². The van der Waals surface area contributed by atoms with Crippen molar-refractivity contribution in [3.8, 4) is 11.1 Å². The highest BCUT2D eigenvalue weighted by Crippen LogP contribution is 2.37. The van der Waals surface area contributed by atoms with Crippen molar-refractivity contribution in [2.75, 3.05) is 0 Å². The van der Waals surface area contributed by atoms with Crippen molar-refractivity contribution < 1.29 is 0 Å². The number of hydrogen-bond donors (Lipinski definition) is 0. The van der Waals surface area contributed by atoms with Crippen LogP contribution in [0, 0.1) is 6.92 Å². The molecule has 0 aliphatic heterocycles. The molecule has 34 heavy (non-hydrogen) atoms. The third kappa shape index (κ3) is 5.34. The van der Waals surface area contributed by atoms with Crippen LogP contribution < -0.4 is 0 Å². The Labute approximate surface area is 205 Å². The van der Waals surface area contributed by atoms with E-state index in [1.165, 1.54) is 27.8 Å². The van der Waals surface area contributed by atoms with Gasteiger partial charge in [0.15, 0.2) is 5.82 Å². The maximum Gasteiger partial charge on any atom is 0.160 e. The van der Waals surface area contributed by atoms with Crippen LogP contribution in [0.3, 0.4) is 0 Å². The van der Waals surface area contributed by atoms with Gasteiger partial charge >= 0.3 is 0 Å². The molecule has 0 radical (unpaired) electrons. The van der Waals surface area contributed by atoms with E-state index < -0.39 is 0 Å². The highest BCUT2D eigenvalue weighted by Gasteiger charge is 2.18. The van der Waals surface area contributed by atoms with Crippen molar-refractivity contribution in [1.29, 1.82) is 0 Å². The van der Waals surface area contributed by atoms with Gasteiger partial charge in [0, 0.05) is 16.5 Å². The van der Waals surface area contributed by atoms with Gasteiger partial charge < -0.3 is 0 Å². The first-order valence-corrected chi connectivity index (χ1v) is 12.3. The zero-order chi connectivity index (χ0) is 24.5. The van der Waals surface area contributed by atoms with E-state index in [1.807, 2.05) is 6.08 Å². The van der Waals surface area contributed by atoms with Crippen LogP contribution >= 0.6 is 0 Å². The molecule has 3 rings (SSSR count). The normalized spacial score (nSPS) is 12.5. The average molecular weight is 449 g/mol. The topological polar surface area (TPSA) is 25.8 Å². The summed E-state index contributed by atoms with van der Waals surface area (Å²) in [6.07, 6.45) is 16.0. The van der Waals surface area contributed by atoms with Crippen molar-refractivity contribution in [2.45, 2.75) is 53.4 Å². The Bertz CT molecular complexity index is 1270. The van der Waals surface area contributed by atoms with Crippen LogP contribution in [0.25, 0.3) is 33.2 Å². The molecule has 0 spiro atoms. The van der Waals surface area contributed by atoms with E-state index in [9.17, 15) is 0 Å². The summed E-state index contributed by atoms with van der Waals surface area (Å²) < 4.78 is 0. The second kappa shape index (κ2) is 12.1. The quantitative estimate of drug-likeness (QED) is 0.289. The molecule has 3 aromatic rings. The molecule has 0 atom stereocenters. The molecular weight excluding hydrogens is 412 g/mol. The van der Waals surface area contributed by atoms with Gasteiger partial charge in [-0.3, -0.25) is 0 Å². The molecule has 0 saturated heterocycles. The Morgan fingerprint density at radius 3 is 2.44 bits per heavy atom. The lowest BCUT2D eigenvalue weighted by Crippen LogP contribution is -2.03. The molecule has 0 saturated carbocycles. The van der Waals surface area contributed by atoms with Crippen LogP contribution in [0.4, 0.5) is 0 Å². The number of benzene rings is 2. The molecule has 0 amide bonds. The summed E-state index contributed by atoms with van der Waals surface area (Å²) in [5.74, 6) is 0.677. The highest BCUT2D eigenvalue weighted by molar-refractivity contribution is 6.01. The summed E-state index contributed by atoms with van der Waals surface area (Å²) in [4.78, 5) is 10.2. The third-order valence-corrected chi connectivity index (χ3v) is 6.01. The first-order chi connectivity index (χ1) is 16.6. The van der Waals surface area contributed by atoms with Crippen molar-refractivity contribution in [2.24, 2.45) is 0 Å². The first kappa shape index (κ1) is 25.1. The highest BCUT2D eigenvalue weighted by atomic mass is 14.9. The minimum Gasteiger partial charge on any atom is -0.228 e. The fourth-order valence-corrected chi connectivity index (χ4v) is 4.31. The van der Waals surface area contributed by atoms with Crippen molar-refractivity contribution in [3.05, 3.63) is 109 Å². The van der Waals surface area contributed by atoms with Gasteiger partial charge in [-0.15, -0.1) is 0 Å². The second-order valence-electron chi connectivity index (χ2n) is 8.40. The number of allylic oxidation sites excluding steroid dienone is 8. The van der Waals surface area contributed by atoms with E-state index in [1.54, 1.807) is 12.2 Å². The van der Waals surface area contributed by atoms with E-state index in [0.717, 1.165) is 47.9 Å². The molecule has 0 fully saturated rings. The van der Waals surface area contributed by atoms with Crippen molar-refractivity contribution in [3.63, 3.8) is 0 Å². The van der Waals surface area contributed by atoms with Gasteiger partial charge in [-0.25, -0.2) is 9.97 Å². The Hall–Kier alpha value is -3.52. The lowest BCUT2D eigenvalue weighted by molar-refractivity contribution is 0.923. The Morgan fingerprint density at radius 1 is 0.971 bits per heavy atom. The SMILES string of the molecule is C=C/C=C(\C=C)c1nc(/C(=C/C=C\CC)CC)c2ccc(C)c(-c3ccccc3CCC)c2n1. The lowest BCUT2D eigenvalue weighted by atomic mass is 9.90. The van der Waals surface area contributed by atoms with Crippen molar-refractivity contribution in [1.82, 2.24) is 9.97 Å². The lowest BCUT2D eigenvalue weighted by Gasteiger charge is -2.17. The Morgan fingerprint density at radius 2 is 1.76 bits per heavy atom. The van der Waals surface area contributed by atoms with Crippen LogP contribution in [-0.2, 0) is 6.42 Å². The van der Waals surface area contributed by atoms with E-state index in [4.69, 9.17) is 9.97 Å². The van der Waals surface area contributed by atoms with Gasteiger partial charge in [0.25, 0.3) is 0 Å². The summed E-state index contributed by atoms with van der Waals surface area (Å²) >= 11 is 0. The maximum atomic E-state index is 5.13.